The van der Waals surface area contributed by atoms with Crippen LogP contribution in [-0.2, 0) is 0 Å². The Morgan fingerprint density at radius 3 is 2.61 bits per heavy atom. The van der Waals surface area contributed by atoms with Crippen molar-refractivity contribution in [2.45, 2.75) is 0 Å². The largest absolute Gasteiger partial charge is 0.444 e. The molecule has 0 unspecified atom stereocenters. The molecular weight excluding hydrogens is 382 g/mol. The van der Waals surface area contributed by atoms with E-state index >= 15 is 0 Å². The van der Waals surface area contributed by atoms with Gasteiger partial charge in [0.1, 0.15) is 0 Å². The lowest BCUT2D eigenvalue weighted by atomic mass is 10.1. The van der Waals surface area contributed by atoms with Crippen molar-refractivity contribution in [1.29, 1.82) is 0 Å². The Morgan fingerprint density at radius 2 is 1.91 bits per heavy atom. The van der Waals surface area contributed by atoms with Crippen molar-refractivity contribution in [3.05, 3.63) is 64.0 Å². The number of benzene rings is 1. The molecule has 0 aliphatic heterocycles. The van der Waals surface area contributed by atoms with E-state index in [-0.39, 0.29) is 11.7 Å². The van der Waals surface area contributed by atoms with Crippen LogP contribution < -0.4 is 10.6 Å². The Labute approximate surface area is 143 Å². The second-order valence-electron chi connectivity index (χ2n) is 4.39. The molecule has 8 heteroatoms. The van der Waals surface area contributed by atoms with Crippen molar-refractivity contribution < 1.29 is 14.0 Å². The second-order valence-corrected chi connectivity index (χ2v) is 6.07. The van der Waals surface area contributed by atoms with Gasteiger partial charge in [-0.05, 0) is 40.2 Å². The molecule has 0 atom stereocenters. The zero-order valence-electron chi connectivity index (χ0n) is 11.6. The number of furan rings is 1. The van der Waals surface area contributed by atoms with E-state index in [1.54, 1.807) is 41.9 Å². The highest BCUT2D eigenvalue weighted by Gasteiger charge is 2.16. The van der Waals surface area contributed by atoms with Gasteiger partial charge in [0.25, 0.3) is 11.8 Å². The lowest BCUT2D eigenvalue weighted by molar-refractivity contribution is 0.0995. The van der Waals surface area contributed by atoms with E-state index in [2.05, 4.69) is 31.5 Å². The molecule has 2 amide bonds. The first-order chi connectivity index (χ1) is 11.1. The Morgan fingerprint density at radius 1 is 1.09 bits per heavy atom. The van der Waals surface area contributed by atoms with Gasteiger partial charge in [-0.2, -0.15) is 0 Å². The Balaban J connectivity index is 1.80. The molecule has 2 aromatic heterocycles. The normalized spacial score (nSPS) is 10.3. The fourth-order valence-electron chi connectivity index (χ4n) is 1.86. The van der Waals surface area contributed by atoms with Crippen LogP contribution in [0, 0.1) is 0 Å². The molecule has 0 aliphatic rings. The molecule has 0 bridgehead atoms. The number of carbonyl (C=O) groups excluding carboxylic acids is 2. The summed E-state index contributed by atoms with van der Waals surface area (Å²) in [5, 5.41) is 7.60. The number of aromatic nitrogens is 1. The fourth-order valence-corrected chi connectivity index (χ4v) is 2.69. The summed E-state index contributed by atoms with van der Waals surface area (Å²) in [4.78, 5) is 28.5. The quantitative estimate of drug-likeness (QED) is 0.703. The van der Waals surface area contributed by atoms with E-state index in [0.717, 1.165) is 0 Å². The summed E-state index contributed by atoms with van der Waals surface area (Å²) >= 11 is 4.45. The van der Waals surface area contributed by atoms with Gasteiger partial charge in [0.15, 0.2) is 15.6 Å². The van der Waals surface area contributed by atoms with E-state index in [1.807, 2.05) is 0 Å². The molecule has 116 valence electrons. The third-order valence-electron chi connectivity index (χ3n) is 2.87. The highest BCUT2D eigenvalue weighted by atomic mass is 79.9. The third kappa shape index (κ3) is 3.66. The predicted octanol–water partition coefficient (Wildman–Crippen LogP) is 4.00. The number of carbonyl (C=O) groups is 2. The molecular formula is C15H10BrN3O3S. The maximum Gasteiger partial charge on any atom is 0.291 e. The molecule has 3 aromatic rings. The minimum absolute atomic E-state index is 0.145. The van der Waals surface area contributed by atoms with Crippen LogP contribution in [0.15, 0.2) is 57.1 Å². The standard InChI is InChI=1S/C15H10BrN3O3S/c16-12-6-5-11(22-12)14(21)18-10-4-2-1-3-9(10)13(20)19-15-17-7-8-23-15/h1-8H,(H,18,21)(H,17,19,20). The maximum atomic E-state index is 12.3. The van der Waals surface area contributed by atoms with Crippen molar-refractivity contribution >= 4 is 49.9 Å². The van der Waals surface area contributed by atoms with E-state index in [1.165, 1.54) is 17.4 Å². The van der Waals surface area contributed by atoms with Crippen LogP contribution in [0.4, 0.5) is 10.8 Å². The topological polar surface area (TPSA) is 84.2 Å². The summed E-state index contributed by atoms with van der Waals surface area (Å²) in [7, 11) is 0. The molecule has 3 rings (SSSR count). The number of rotatable bonds is 4. The first kappa shape index (κ1) is 15.4. The van der Waals surface area contributed by atoms with Crippen LogP contribution in [0.5, 0.6) is 0 Å². The van der Waals surface area contributed by atoms with Gasteiger partial charge in [0, 0.05) is 11.6 Å². The zero-order chi connectivity index (χ0) is 16.2. The third-order valence-corrected chi connectivity index (χ3v) is 3.98. The number of halogens is 1. The fraction of sp³-hybridized carbons (Fsp3) is 0. The van der Waals surface area contributed by atoms with Crippen LogP contribution in [-0.4, -0.2) is 16.8 Å². The zero-order valence-corrected chi connectivity index (χ0v) is 14.0. The lowest BCUT2D eigenvalue weighted by Gasteiger charge is -2.09. The van der Waals surface area contributed by atoms with Crippen LogP contribution in [0.2, 0.25) is 0 Å². The van der Waals surface area contributed by atoms with Crippen LogP contribution in [0.1, 0.15) is 20.9 Å². The van der Waals surface area contributed by atoms with E-state index in [4.69, 9.17) is 4.42 Å². The van der Waals surface area contributed by atoms with Gasteiger partial charge in [-0.3, -0.25) is 14.9 Å². The number of hydrogen-bond donors (Lipinski definition) is 2. The number of thiazole rings is 1. The second kappa shape index (κ2) is 6.76. The summed E-state index contributed by atoms with van der Waals surface area (Å²) in [6.07, 6.45) is 1.60. The Hall–Kier alpha value is -2.45. The summed E-state index contributed by atoms with van der Waals surface area (Å²) < 4.78 is 5.65. The average molecular weight is 392 g/mol. The van der Waals surface area contributed by atoms with Gasteiger partial charge in [-0.25, -0.2) is 4.98 Å². The van der Waals surface area contributed by atoms with Gasteiger partial charge >= 0.3 is 0 Å². The van der Waals surface area contributed by atoms with Crippen LogP contribution in [0.3, 0.4) is 0 Å². The van der Waals surface area contributed by atoms with Crippen molar-refractivity contribution in [2.24, 2.45) is 0 Å². The molecule has 0 fully saturated rings. The SMILES string of the molecule is O=C(Nc1ccccc1C(=O)Nc1nccs1)c1ccc(Br)o1. The van der Waals surface area contributed by atoms with Gasteiger partial charge < -0.3 is 9.73 Å². The van der Waals surface area contributed by atoms with Crippen molar-refractivity contribution in [2.75, 3.05) is 10.6 Å². The summed E-state index contributed by atoms with van der Waals surface area (Å²) in [5.41, 5.74) is 0.723. The molecule has 2 heterocycles. The monoisotopic (exact) mass is 391 g/mol. The Kier molecular flexibility index (Phi) is 4.54. The summed E-state index contributed by atoms with van der Waals surface area (Å²) in [5.74, 6) is -0.645. The average Bonchev–Trinajstić information content (AvgIpc) is 3.19. The number of amides is 2. The molecule has 6 nitrogen and oxygen atoms in total. The first-order valence-corrected chi connectivity index (χ1v) is 8.17. The molecule has 2 N–H and O–H groups in total. The van der Waals surface area contributed by atoms with Crippen molar-refractivity contribution in [3.8, 4) is 0 Å². The van der Waals surface area contributed by atoms with Gasteiger partial charge in [-0.1, -0.05) is 12.1 Å². The number of nitrogens with one attached hydrogen (secondary N) is 2. The molecule has 0 spiro atoms. The van der Waals surface area contributed by atoms with Crippen molar-refractivity contribution in [1.82, 2.24) is 4.98 Å². The highest BCUT2D eigenvalue weighted by molar-refractivity contribution is 9.10. The van der Waals surface area contributed by atoms with Gasteiger partial charge in [0.05, 0.1) is 11.3 Å². The van der Waals surface area contributed by atoms with E-state index in [9.17, 15) is 9.59 Å². The summed E-state index contributed by atoms with van der Waals surface area (Å²) in [6, 6.07) is 9.88. The number of para-hydroxylation sites is 1. The van der Waals surface area contributed by atoms with Crippen LogP contribution >= 0.6 is 27.3 Å². The number of hydrogen-bond acceptors (Lipinski definition) is 5. The summed E-state index contributed by atoms with van der Waals surface area (Å²) in [6.45, 7) is 0. The smallest absolute Gasteiger partial charge is 0.291 e. The molecule has 0 aliphatic carbocycles. The van der Waals surface area contributed by atoms with Gasteiger partial charge in [-0.15, -0.1) is 11.3 Å². The maximum absolute atomic E-state index is 12.3. The molecule has 0 radical (unpaired) electrons. The molecule has 1 aromatic carbocycles. The Bertz CT molecular complexity index is 845. The highest BCUT2D eigenvalue weighted by Crippen LogP contribution is 2.20. The number of anilines is 2. The van der Waals surface area contributed by atoms with Crippen LogP contribution in [0.25, 0.3) is 0 Å². The molecule has 0 saturated carbocycles. The number of nitrogens with zero attached hydrogens (tertiary/aromatic N) is 1. The lowest BCUT2D eigenvalue weighted by Crippen LogP contribution is -2.17. The first-order valence-electron chi connectivity index (χ1n) is 6.50. The van der Waals surface area contributed by atoms with Crippen molar-refractivity contribution in [3.63, 3.8) is 0 Å². The molecule has 0 saturated heterocycles. The predicted molar refractivity (Wildman–Crippen MR) is 90.9 cm³/mol. The van der Waals surface area contributed by atoms with E-state index in [0.29, 0.717) is 21.1 Å². The minimum atomic E-state index is -0.440. The van der Waals surface area contributed by atoms with E-state index < -0.39 is 5.91 Å². The minimum Gasteiger partial charge on any atom is -0.444 e. The molecule has 23 heavy (non-hydrogen) atoms. The van der Waals surface area contributed by atoms with Gasteiger partial charge in [0.2, 0.25) is 0 Å².